The predicted molar refractivity (Wildman–Crippen MR) is 43.6 cm³/mol. The molecule has 13 heavy (non-hydrogen) atoms. The first-order valence-electron chi connectivity index (χ1n) is 4.44. The summed E-state index contributed by atoms with van der Waals surface area (Å²) in [6.07, 6.45) is 1.27. The van der Waals surface area contributed by atoms with E-state index in [-0.39, 0.29) is 35.9 Å². The molecule has 1 saturated carbocycles. The van der Waals surface area contributed by atoms with Crippen LogP contribution in [0.2, 0.25) is 0 Å². The molecule has 0 radical (unpaired) electrons. The van der Waals surface area contributed by atoms with Gasteiger partial charge < -0.3 is 0 Å². The SMILES string of the molecule is CN1C(=O)[C@H]2CCC(=O)C[C@H]2C1=O. The molecular weight excluding hydrogens is 170 g/mol. The van der Waals surface area contributed by atoms with Gasteiger partial charge in [-0.25, -0.2) is 0 Å². The normalized spacial score (nSPS) is 33.9. The average molecular weight is 181 g/mol. The first-order chi connectivity index (χ1) is 6.11. The van der Waals surface area contributed by atoms with Gasteiger partial charge in [0.2, 0.25) is 11.8 Å². The molecule has 0 spiro atoms. The second-order valence-electron chi connectivity index (χ2n) is 3.73. The fourth-order valence-electron chi connectivity index (χ4n) is 2.17. The monoisotopic (exact) mass is 181 g/mol. The van der Waals surface area contributed by atoms with Crippen molar-refractivity contribution in [2.24, 2.45) is 11.8 Å². The Balaban J connectivity index is 2.27. The van der Waals surface area contributed by atoms with E-state index in [4.69, 9.17) is 0 Å². The van der Waals surface area contributed by atoms with Gasteiger partial charge in [-0.2, -0.15) is 0 Å². The summed E-state index contributed by atoms with van der Waals surface area (Å²) in [5.74, 6) is -0.739. The van der Waals surface area contributed by atoms with Gasteiger partial charge in [0, 0.05) is 19.9 Å². The third-order valence-electron chi connectivity index (χ3n) is 2.96. The summed E-state index contributed by atoms with van der Waals surface area (Å²) in [6, 6.07) is 0. The van der Waals surface area contributed by atoms with E-state index in [0.717, 1.165) is 4.90 Å². The van der Waals surface area contributed by atoms with Gasteiger partial charge in [0.25, 0.3) is 0 Å². The summed E-state index contributed by atoms with van der Waals surface area (Å²) >= 11 is 0. The lowest BCUT2D eigenvalue weighted by molar-refractivity contribution is -0.138. The molecule has 0 aromatic heterocycles. The van der Waals surface area contributed by atoms with Gasteiger partial charge in [-0.1, -0.05) is 0 Å². The van der Waals surface area contributed by atoms with Gasteiger partial charge >= 0.3 is 0 Å². The smallest absolute Gasteiger partial charge is 0.233 e. The maximum Gasteiger partial charge on any atom is 0.233 e. The van der Waals surface area contributed by atoms with E-state index in [0.29, 0.717) is 12.8 Å². The van der Waals surface area contributed by atoms with Crippen LogP contribution >= 0.6 is 0 Å². The van der Waals surface area contributed by atoms with Gasteiger partial charge in [0.1, 0.15) is 5.78 Å². The topological polar surface area (TPSA) is 54.5 Å². The van der Waals surface area contributed by atoms with Crippen LogP contribution in [0, 0.1) is 11.8 Å². The highest BCUT2D eigenvalue weighted by Gasteiger charge is 2.48. The fraction of sp³-hybridized carbons (Fsp3) is 0.667. The van der Waals surface area contributed by atoms with E-state index in [1.807, 2.05) is 0 Å². The highest BCUT2D eigenvalue weighted by Crippen LogP contribution is 2.35. The first kappa shape index (κ1) is 8.41. The molecule has 2 fully saturated rings. The van der Waals surface area contributed by atoms with Crippen molar-refractivity contribution >= 4 is 17.6 Å². The molecule has 2 rings (SSSR count). The molecule has 2 aliphatic rings. The van der Waals surface area contributed by atoms with Crippen LogP contribution in [0.4, 0.5) is 0 Å². The molecule has 1 heterocycles. The van der Waals surface area contributed by atoms with Gasteiger partial charge in [-0.05, 0) is 6.42 Å². The number of fused-ring (bicyclic) bond motifs is 1. The molecule has 0 N–H and O–H groups in total. The Morgan fingerprint density at radius 1 is 1.15 bits per heavy atom. The van der Waals surface area contributed by atoms with Crippen LogP contribution < -0.4 is 0 Å². The minimum absolute atomic E-state index is 0.109. The molecule has 70 valence electrons. The molecule has 0 unspecified atom stereocenters. The second kappa shape index (κ2) is 2.65. The molecule has 1 aliphatic heterocycles. The lowest BCUT2D eigenvalue weighted by Gasteiger charge is -2.18. The van der Waals surface area contributed by atoms with Crippen molar-refractivity contribution in [1.29, 1.82) is 0 Å². The summed E-state index contributed by atoms with van der Waals surface area (Å²) in [5.41, 5.74) is 0. The van der Waals surface area contributed by atoms with Crippen molar-refractivity contribution in [3.8, 4) is 0 Å². The van der Waals surface area contributed by atoms with Crippen molar-refractivity contribution in [2.75, 3.05) is 7.05 Å². The third-order valence-corrected chi connectivity index (χ3v) is 2.96. The molecule has 4 nitrogen and oxygen atoms in total. The summed E-state index contributed by atoms with van der Waals surface area (Å²) in [4.78, 5) is 35.1. The van der Waals surface area contributed by atoms with Crippen LogP contribution in [-0.4, -0.2) is 29.5 Å². The van der Waals surface area contributed by atoms with Crippen LogP contribution in [0.3, 0.4) is 0 Å². The molecule has 0 aromatic carbocycles. The molecular formula is C9H11NO3. The number of hydrogen-bond acceptors (Lipinski definition) is 3. The second-order valence-corrected chi connectivity index (χ2v) is 3.73. The van der Waals surface area contributed by atoms with Gasteiger partial charge in [0.15, 0.2) is 0 Å². The molecule has 0 bridgehead atoms. The number of likely N-dealkylation sites (tertiary alicyclic amines) is 1. The number of hydrogen-bond donors (Lipinski definition) is 0. The quantitative estimate of drug-likeness (QED) is 0.493. The Labute approximate surface area is 75.9 Å². The van der Waals surface area contributed by atoms with Gasteiger partial charge in [-0.15, -0.1) is 0 Å². The van der Waals surface area contributed by atoms with Crippen molar-refractivity contribution < 1.29 is 14.4 Å². The summed E-state index contributed by atoms with van der Waals surface area (Å²) in [7, 11) is 1.49. The minimum Gasteiger partial charge on any atom is -0.300 e. The largest absolute Gasteiger partial charge is 0.300 e. The molecule has 1 aliphatic carbocycles. The lowest BCUT2D eigenvalue weighted by Crippen LogP contribution is -2.27. The average Bonchev–Trinajstić information content (AvgIpc) is 2.32. The molecule has 2 atom stereocenters. The zero-order chi connectivity index (χ0) is 9.59. The van der Waals surface area contributed by atoms with E-state index in [2.05, 4.69) is 0 Å². The first-order valence-corrected chi connectivity index (χ1v) is 4.44. The number of carbonyl (C=O) groups excluding carboxylic acids is 3. The van der Waals surface area contributed by atoms with E-state index < -0.39 is 0 Å². The van der Waals surface area contributed by atoms with E-state index >= 15 is 0 Å². The molecule has 2 amide bonds. The zero-order valence-corrected chi connectivity index (χ0v) is 7.45. The highest BCUT2D eigenvalue weighted by molar-refractivity contribution is 6.07. The molecule has 0 aromatic rings. The van der Waals surface area contributed by atoms with Crippen molar-refractivity contribution in [3.63, 3.8) is 0 Å². The Bertz CT molecular complexity index is 297. The van der Waals surface area contributed by atoms with Crippen molar-refractivity contribution in [3.05, 3.63) is 0 Å². The number of nitrogens with zero attached hydrogens (tertiary/aromatic N) is 1. The summed E-state index contributed by atoms with van der Waals surface area (Å²) in [5, 5.41) is 0. The van der Waals surface area contributed by atoms with Crippen LogP contribution in [0.25, 0.3) is 0 Å². The van der Waals surface area contributed by atoms with Gasteiger partial charge in [0.05, 0.1) is 11.8 Å². The van der Waals surface area contributed by atoms with Crippen LogP contribution in [0.5, 0.6) is 0 Å². The zero-order valence-electron chi connectivity index (χ0n) is 7.45. The van der Waals surface area contributed by atoms with E-state index in [1.54, 1.807) is 0 Å². The summed E-state index contributed by atoms with van der Waals surface area (Å²) < 4.78 is 0. The Morgan fingerprint density at radius 3 is 2.46 bits per heavy atom. The highest BCUT2D eigenvalue weighted by atomic mass is 16.2. The van der Waals surface area contributed by atoms with Crippen LogP contribution in [-0.2, 0) is 14.4 Å². The van der Waals surface area contributed by atoms with Crippen LogP contribution in [0.1, 0.15) is 19.3 Å². The van der Waals surface area contributed by atoms with Crippen molar-refractivity contribution in [2.45, 2.75) is 19.3 Å². The summed E-state index contributed by atoms with van der Waals surface area (Å²) in [6.45, 7) is 0. The Kier molecular flexibility index (Phi) is 1.71. The fourth-order valence-corrected chi connectivity index (χ4v) is 2.17. The maximum absolute atomic E-state index is 11.5. The molecule has 4 heteroatoms. The number of rotatable bonds is 0. The Morgan fingerprint density at radius 2 is 1.77 bits per heavy atom. The Hall–Kier alpha value is -1.19. The number of amides is 2. The third kappa shape index (κ3) is 1.08. The van der Waals surface area contributed by atoms with E-state index in [1.165, 1.54) is 7.05 Å². The van der Waals surface area contributed by atoms with Gasteiger partial charge in [-0.3, -0.25) is 19.3 Å². The maximum atomic E-state index is 11.5. The number of carbonyl (C=O) groups is 3. The minimum atomic E-state index is -0.348. The van der Waals surface area contributed by atoms with Crippen molar-refractivity contribution in [1.82, 2.24) is 4.90 Å². The van der Waals surface area contributed by atoms with Crippen LogP contribution in [0.15, 0.2) is 0 Å². The lowest BCUT2D eigenvalue weighted by atomic mass is 9.80. The van der Waals surface area contributed by atoms with E-state index in [9.17, 15) is 14.4 Å². The number of ketones is 1. The number of Topliss-reactive ketones (excluding diaryl/α,β-unsaturated/α-hetero) is 1. The predicted octanol–water partition coefficient (Wildman–Crippen LogP) is -0.0296. The molecule has 1 saturated heterocycles. The number of imide groups is 1. The standard InChI is InChI=1S/C9H11NO3/c1-10-8(12)6-3-2-5(11)4-7(6)9(10)13/h6-7H,2-4H2,1H3/t6-,7+/m0/s1.